The van der Waals surface area contributed by atoms with Crippen molar-refractivity contribution < 1.29 is 13.2 Å². The third kappa shape index (κ3) is 5.27. The molecular weight excluding hydrogens is 458 g/mol. The molecule has 0 aliphatic carbocycles. The molecule has 0 aliphatic rings. The van der Waals surface area contributed by atoms with Gasteiger partial charge in [0.2, 0.25) is 15.9 Å². The number of amides is 1. The molecule has 8 nitrogen and oxygen atoms in total. The molecule has 1 aromatic heterocycles. The fraction of sp³-hybridized carbons (Fsp3) is 0.250. The van der Waals surface area contributed by atoms with E-state index in [4.69, 9.17) is 11.6 Å². The van der Waals surface area contributed by atoms with E-state index in [1.165, 1.54) is 44.1 Å². The molecule has 3 aromatic rings. The molecule has 0 unspecified atom stereocenters. The predicted octanol–water partition coefficient (Wildman–Crippen LogP) is 3.52. The Hall–Kier alpha value is -2.40. The minimum atomic E-state index is -3.65. The van der Waals surface area contributed by atoms with Gasteiger partial charge < -0.3 is 5.32 Å². The Morgan fingerprint density at radius 1 is 1.19 bits per heavy atom. The number of aryl methyl sites for hydroxylation is 2. The van der Waals surface area contributed by atoms with Crippen LogP contribution in [0.4, 0.5) is 5.69 Å². The normalized spacial score (nSPS) is 11.7. The number of hydrogen-bond donors (Lipinski definition) is 1. The molecule has 11 heteroatoms. The third-order valence-electron chi connectivity index (χ3n) is 4.46. The van der Waals surface area contributed by atoms with E-state index in [1.807, 2.05) is 36.6 Å². The average Bonchev–Trinajstić information content (AvgIpc) is 3.18. The maximum absolute atomic E-state index is 12.5. The highest BCUT2D eigenvalue weighted by Gasteiger charge is 2.19. The summed E-state index contributed by atoms with van der Waals surface area (Å²) in [7, 11) is -0.776. The maximum Gasteiger partial charge on any atom is 0.242 e. The Balaban J connectivity index is 1.74. The van der Waals surface area contributed by atoms with Gasteiger partial charge in [-0.1, -0.05) is 35.5 Å². The van der Waals surface area contributed by atoms with Gasteiger partial charge in [-0.15, -0.1) is 10.2 Å². The lowest BCUT2D eigenvalue weighted by atomic mass is 10.1. The van der Waals surface area contributed by atoms with Crippen LogP contribution in [0, 0.1) is 13.8 Å². The van der Waals surface area contributed by atoms with Crippen LogP contribution in [0.25, 0.3) is 5.69 Å². The van der Waals surface area contributed by atoms with E-state index < -0.39 is 10.0 Å². The van der Waals surface area contributed by atoms with E-state index in [0.717, 1.165) is 21.1 Å². The van der Waals surface area contributed by atoms with Gasteiger partial charge in [-0.05, 0) is 49.2 Å². The van der Waals surface area contributed by atoms with Crippen molar-refractivity contribution >= 4 is 45.0 Å². The molecule has 1 amide bonds. The summed E-state index contributed by atoms with van der Waals surface area (Å²) in [6, 6.07) is 10.3. The van der Waals surface area contributed by atoms with Crippen molar-refractivity contribution in [1.82, 2.24) is 19.1 Å². The summed E-state index contributed by atoms with van der Waals surface area (Å²) in [6.07, 6.45) is 1.61. The number of carbonyl (C=O) groups excluding carboxylic acids is 1. The first kappa shape index (κ1) is 23.3. The lowest BCUT2D eigenvalue weighted by molar-refractivity contribution is -0.113. The standard InChI is InChI=1S/C20H22ClN5O3S2/c1-13-5-6-14(2)18(9-13)26-12-22-24-20(26)30-11-19(27)23-17-10-15(7-8-16(17)21)31(28,29)25(3)4/h5-10,12H,11H2,1-4H3,(H,23,27). The van der Waals surface area contributed by atoms with E-state index in [0.29, 0.717) is 5.16 Å². The minimum Gasteiger partial charge on any atom is -0.324 e. The minimum absolute atomic E-state index is 0.0412. The van der Waals surface area contributed by atoms with E-state index >= 15 is 0 Å². The number of anilines is 1. The zero-order chi connectivity index (χ0) is 22.8. The molecule has 0 saturated carbocycles. The van der Waals surface area contributed by atoms with Gasteiger partial charge in [0, 0.05) is 14.1 Å². The summed E-state index contributed by atoms with van der Waals surface area (Å²) in [4.78, 5) is 12.6. The summed E-state index contributed by atoms with van der Waals surface area (Å²) >= 11 is 7.37. The van der Waals surface area contributed by atoms with Gasteiger partial charge >= 0.3 is 0 Å². The van der Waals surface area contributed by atoms with Crippen LogP contribution in [-0.2, 0) is 14.8 Å². The number of nitrogens with zero attached hydrogens (tertiary/aromatic N) is 4. The van der Waals surface area contributed by atoms with Crippen LogP contribution in [0.1, 0.15) is 11.1 Å². The number of benzene rings is 2. The van der Waals surface area contributed by atoms with Gasteiger partial charge in [0.05, 0.1) is 27.0 Å². The smallest absolute Gasteiger partial charge is 0.242 e. The van der Waals surface area contributed by atoms with E-state index in [9.17, 15) is 13.2 Å². The maximum atomic E-state index is 12.5. The van der Waals surface area contributed by atoms with Crippen LogP contribution in [0.5, 0.6) is 0 Å². The molecule has 2 aromatic carbocycles. The van der Waals surface area contributed by atoms with Crippen LogP contribution >= 0.6 is 23.4 Å². The Morgan fingerprint density at radius 3 is 2.65 bits per heavy atom. The summed E-state index contributed by atoms with van der Waals surface area (Å²) < 4.78 is 27.6. The third-order valence-corrected chi connectivity index (χ3v) is 7.55. The molecule has 3 rings (SSSR count). The number of thioether (sulfide) groups is 1. The van der Waals surface area contributed by atoms with Gasteiger partial charge in [-0.2, -0.15) is 0 Å². The van der Waals surface area contributed by atoms with Crippen LogP contribution in [0.3, 0.4) is 0 Å². The van der Waals surface area contributed by atoms with E-state index in [1.54, 1.807) is 6.33 Å². The predicted molar refractivity (Wildman–Crippen MR) is 123 cm³/mol. The molecule has 0 atom stereocenters. The van der Waals surface area contributed by atoms with Crippen molar-refractivity contribution in [2.75, 3.05) is 25.2 Å². The molecule has 164 valence electrons. The first-order chi connectivity index (χ1) is 14.6. The molecular formula is C20H22ClN5O3S2. The Morgan fingerprint density at radius 2 is 1.94 bits per heavy atom. The molecule has 31 heavy (non-hydrogen) atoms. The first-order valence-electron chi connectivity index (χ1n) is 9.22. The summed E-state index contributed by atoms with van der Waals surface area (Å²) in [5, 5.41) is 11.6. The molecule has 0 aliphatic heterocycles. The number of aromatic nitrogens is 3. The molecule has 1 N–H and O–H groups in total. The number of rotatable bonds is 7. The van der Waals surface area contributed by atoms with Gasteiger partial charge in [-0.3, -0.25) is 9.36 Å². The van der Waals surface area contributed by atoms with Crippen LogP contribution in [0.2, 0.25) is 5.02 Å². The van der Waals surface area contributed by atoms with Gasteiger partial charge in [0.1, 0.15) is 6.33 Å². The molecule has 0 spiro atoms. The number of nitrogens with one attached hydrogen (secondary N) is 1. The van der Waals surface area contributed by atoms with Crippen molar-refractivity contribution in [2.24, 2.45) is 0 Å². The largest absolute Gasteiger partial charge is 0.324 e. The molecule has 0 bridgehead atoms. The first-order valence-corrected chi connectivity index (χ1v) is 12.0. The summed E-state index contributed by atoms with van der Waals surface area (Å²) in [5.41, 5.74) is 3.33. The lowest BCUT2D eigenvalue weighted by Gasteiger charge is -2.14. The zero-order valence-electron chi connectivity index (χ0n) is 17.5. The fourth-order valence-corrected chi connectivity index (χ4v) is 4.57. The summed E-state index contributed by atoms with van der Waals surface area (Å²) in [6.45, 7) is 3.99. The lowest BCUT2D eigenvalue weighted by Crippen LogP contribution is -2.22. The SMILES string of the molecule is Cc1ccc(C)c(-n2cnnc2SCC(=O)Nc2cc(S(=O)(=O)N(C)C)ccc2Cl)c1. The van der Waals surface area contributed by atoms with E-state index in [-0.39, 0.29) is 27.3 Å². The highest BCUT2D eigenvalue weighted by atomic mass is 35.5. The monoisotopic (exact) mass is 479 g/mol. The fourth-order valence-electron chi connectivity index (χ4n) is 2.75. The van der Waals surface area contributed by atoms with Gasteiger partial charge in [-0.25, -0.2) is 12.7 Å². The quantitative estimate of drug-likeness (QED) is 0.521. The van der Waals surface area contributed by atoms with Crippen molar-refractivity contribution in [3.05, 3.63) is 58.9 Å². The highest BCUT2D eigenvalue weighted by Crippen LogP contribution is 2.27. The van der Waals surface area contributed by atoms with Crippen LogP contribution < -0.4 is 5.32 Å². The average molecular weight is 480 g/mol. The second-order valence-electron chi connectivity index (χ2n) is 7.04. The Bertz CT molecular complexity index is 1230. The van der Waals surface area contributed by atoms with Crippen molar-refractivity contribution in [2.45, 2.75) is 23.9 Å². The van der Waals surface area contributed by atoms with Gasteiger partial charge in [0.25, 0.3) is 0 Å². The number of hydrogen-bond acceptors (Lipinski definition) is 6. The van der Waals surface area contributed by atoms with Crippen molar-refractivity contribution in [3.63, 3.8) is 0 Å². The van der Waals surface area contributed by atoms with E-state index in [2.05, 4.69) is 15.5 Å². The molecule has 1 heterocycles. The Labute approximate surface area is 190 Å². The second-order valence-corrected chi connectivity index (χ2v) is 10.5. The number of halogens is 1. The van der Waals surface area contributed by atoms with Gasteiger partial charge in [0.15, 0.2) is 5.16 Å². The van der Waals surface area contributed by atoms with Crippen LogP contribution in [-0.4, -0.2) is 53.2 Å². The number of carbonyl (C=O) groups is 1. The molecule has 0 saturated heterocycles. The highest BCUT2D eigenvalue weighted by molar-refractivity contribution is 7.99. The molecule has 0 radical (unpaired) electrons. The zero-order valence-corrected chi connectivity index (χ0v) is 19.8. The second kappa shape index (κ2) is 9.39. The number of sulfonamides is 1. The Kier molecular flexibility index (Phi) is 7.05. The topological polar surface area (TPSA) is 97.2 Å². The molecule has 0 fully saturated rings. The van der Waals surface area contributed by atoms with Crippen LogP contribution in [0.15, 0.2) is 52.8 Å². The van der Waals surface area contributed by atoms with Crippen molar-refractivity contribution in [3.8, 4) is 5.69 Å². The summed E-state index contributed by atoms with van der Waals surface area (Å²) in [5.74, 6) is -0.299. The van der Waals surface area contributed by atoms with Crippen molar-refractivity contribution in [1.29, 1.82) is 0 Å².